The van der Waals surface area contributed by atoms with E-state index in [1.807, 2.05) is 36.1 Å². The second-order valence-electron chi connectivity index (χ2n) is 6.71. The largest absolute Gasteiger partial charge is 0.508 e. The molecule has 2 rings (SSSR count). The Kier molecular flexibility index (Phi) is 9.69. The minimum Gasteiger partial charge on any atom is -0.497 e. The fourth-order valence-electron chi connectivity index (χ4n) is 3.07. The average molecular weight is 409 g/mol. The van der Waals surface area contributed by atoms with Crippen LogP contribution in [0, 0.1) is 0 Å². The van der Waals surface area contributed by atoms with Gasteiger partial charge in [-0.05, 0) is 24.6 Å². The van der Waals surface area contributed by atoms with Crippen molar-refractivity contribution in [1.29, 1.82) is 0 Å². The molecule has 1 aliphatic heterocycles. The van der Waals surface area contributed by atoms with Crippen molar-refractivity contribution in [2.45, 2.75) is 19.5 Å². The molecule has 1 N–H and O–H groups in total. The molecule has 1 fully saturated rings. The van der Waals surface area contributed by atoms with Gasteiger partial charge >= 0.3 is 6.16 Å². The van der Waals surface area contributed by atoms with Gasteiger partial charge in [0.25, 0.3) is 0 Å². The zero-order valence-corrected chi connectivity index (χ0v) is 17.4. The van der Waals surface area contributed by atoms with E-state index in [2.05, 4.69) is 15.0 Å². The molecule has 162 valence electrons. The van der Waals surface area contributed by atoms with Gasteiger partial charge in [0.05, 0.1) is 33.5 Å². The van der Waals surface area contributed by atoms with E-state index in [1.54, 1.807) is 7.11 Å². The molecule has 9 nitrogen and oxygen atoms in total. The Morgan fingerprint density at radius 2 is 1.93 bits per heavy atom. The molecule has 1 heterocycles. The van der Waals surface area contributed by atoms with Gasteiger partial charge in [0, 0.05) is 32.8 Å². The summed E-state index contributed by atoms with van der Waals surface area (Å²) in [6.45, 7) is 6.02. The number of nitrogens with zero attached hydrogens (tertiary/aromatic N) is 2. The highest BCUT2D eigenvalue weighted by Crippen LogP contribution is 2.12. The zero-order valence-electron chi connectivity index (χ0n) is 17.4. The van der Waals surface area contributed by atoms with E-state index in [0.29, 0.717) is 33.0 Å². The van der Waals surface area contributed by atoms with Gasteiger partial charge in [-0.25, -0.2) is 4.79 Å². The molecule has 1 aromatic rings. The van der Waals surface area contributed by atoms with Gasteiger partial charge in [0.2, 0.25) is 5.91 Å². The predicted octanol–water partition coefficient (Wildman–Crippen LogP) is 1.07. The van der Waals surface area contributed by atoms with Crippen molar-refractivity contribution in [2.75, 3.05) is 60.3 Å². The Morgan fingerprint density at radius 3 is 2.59 bits per heavy atom. The molecular weight excluding hydrogens is 378 g/mol. The SMILES string of the molecule is CCOCN1CCN(CC(=O)NCc2ccc(OC)cc2)C(COC(=O)OC)C1. The van der Waals surface area contributed by atoms with Crippen LogP contribution >= 0.6 is 0 Å². The van der Waals surface area contributed by atoms with E-state index in [9.17, 15) is 9.59 Å². The summed E-state index contributed by atoms with van der Waals surface area (Å²) in [5, 5.41) is 2.93. The highest BCUT2D eigenvalue weighted by Gasteiger charge is 2.29. The quantitative estimate of drug-likeness (QED) is 0.574. The molecule has 1 saturated heterocycles. The number of benzene rings is 1. The van der Waals surface area contributed by atoms with Crippen LogP contribution in [0.1, 0.15) is 12.5 Å². The molecule has 1 atom stereocenters. The second kappa shape index (κ2) is 12.3. The van der Waals surface area contributed by atoms with Crippen LogP contribution in [0.2, 0.25) is 0 Å². The van der Waals surface area contributed by atoms with Crippen LogP contribution < -0.4 is 10.1 Å². The molecule has 1 unspecified atom stereocenters. The molecule has 0 aromatic heterocycles. The van der Waals surface area contributed by atoms with Gasteiger partial charge in [-0.1, -0.05) is 12.1 Å². The molecule has 0 radical (unpaired) electrons. The second-order valence-corrected chi connectivity index (χ2v) is 6.71. The van der Waals surface area contributed by atoms with Crippen LogP contribution in [0.5, 0.6) is 5.75 Å². The minimum absolute atomic E-state index is 0.0813. The minimum atomic E-state index is -0.726. The summed E-state index contributed by atoms with van der Waals surface area (Å²) in [5.74, 6) is 0.695. The van der Waals surface area contributed by atoms with Crippen LogP contribution in [0.15, 0.2) is 24.3 Å². The summed E-state index contributed by atoms with van der Waals surface area (Å²) in [6, 6.07) is 7.44. The topological polar surface area (TPSA) is 89.6 Å². The predicted molar refractivity (Wildman–Crippen MR) is 107 cm³/mol. The fraction of sp³-hybridized carbons (Fsp3) is 0.600. The molecule has 1 aliphatic rings. The van der Waals surface area contributed by atoms with E-state index < -0.39 is 6.16 Å². The Labute approximate surface area is 171 Å². The number of methoxy groups -OCH3 is 2. The number of amides is 1. The van der Waals surface area contributed by atoms with Gasteiger partial charge in [0.15, 0.2) is 0 Å². The summed E-state index contributed by atoms with van der Waals surface area (Å²) in [7, 11) is 2.89. The van der Waals surface area contributed by atoms with Crippen molar-refractivity contribution in [1.82, 2.24) is 15.1 Å². The fourth-order valence-corrected chi connectivity index (χ4v) is 3.07. The maximum absolute atomic E-state index is 12.5. The van der Waals surface area contributed by atoms with E-state index in [0.717, 1.165) is 17.9 Å². The Morgan fingerprint density at radius 1 is 1.17 bits per heavy atom. The van der Waals surface area contributed by atoms with Gasteiger partial charge in [-0.3, -0.25) is 14.6 Å². The molecule has 0 spiro atoms. The van der Waals surface area contributed by atoms with Crippen molar-refractivity contribution in [3.63, 3.8) is 0 Å². The smallest absolute Gasteiger partial charge is 0.497 e. The molecular formula is C20H31N3O6. The molecule has 0 bridgehead atoms. The maximum Gasteiger partial charge on any atom is 0.508 e. The normalized spacial score (nSPS) is 17.6. The number of nitrogens with one attached hydrogen (secondary N) is 1. The van der Waals surface area contributed by atoms with Gasteiger partial charge in [0.1, 0.15) is 12.4 Å². The average Bonchev–Trinajstić information content (AvgIpc) is 2.76. The first-order chi connectivity index (χ1) is 14.0. The van der Waals surface area contributed by atoms with Crippen molar-refractivity contribution < 1.29 is 28.5 Å². The Hall–Kier alpha value is -2.36. The molecule has 1 amide bonds. The lowest BCUT2D eigenvalue weighted by Gasteiger charge is -2.40. The van der Waals surface area contributed by atoms with Crippen LogP contribution in [0.3, 0.4) is 0 Å². The number of hydrogen-bond acceptors (Lipinski definition) is 8. The first kappa shape index (κ1) is 22.9. The Bertz CT molecular complexity index is 640. The number of carbonyl (C=O) groups excluding carboxylic acids is 2. The van der Waals surface area contributed by atoms with Crippen LogP contribution in [-0.2, 0) is 25.5 Å². The highest BCUT2D eigenvalue weighted by atomic mass is 16.7. The monoisotopic (exact) mass is 409 g/mol. The van der Waals surface area contributed by atoms with Crippen molar-refractivity contribution in [3.8, 4) is 5.75 Å². The number of ether oxygens (including phenoxy) is 4. The van der Waals surface area contributed by atoms with E-state index in [-0.39, 0.29) is 25.1 Å². The van der Waals surface area contributed by atoms with Crippen molar-refractivity contribution in [2.24, 2.45) is 0 Å². The Balaban J connectivity index is 1.86. The number of hydrogen-bond donors (Lipinski definition) is 1. The van der Waals surface area contributed by atoms with Crippen molar-refractivity contribution in [3.05, 3.63) is 29.8 Å². The number of piperazine rings is 1. The van der Waals surface area contributed by atoms with Gasteiger partial charge < -0.3 is 24.3 Å². The van der Waals surface area contributed by atoms with Crippen LogP contribution in [0.25, 0.3) is 0 Å². The van der Waals surface area contributed by atoms with Crippen LogP contribution in [0.4, 0.5) is 4.79 Å². The van der Waals surface area contributed by atoms with Gasteiger partial charge in [-0.15, -0.1) is 0 Å². The first-order valence-electron chi connectivity index (χ1n) is 9.70. The molecule has 9 heteroatoms. The number of rotatable bonds is 10. The summed E-state index contributed by atoms with van der Waals surface area (Å²) < 4.78 is 20.3. The van der Waals surface area contributed by atoms with Crippen LogP contribution in [-0.4, -0.2) is 88.2 Å². The standard InChI is InChI=1S/C20H31N3O6/c1-4-28-15-22-9-10-23(17(12-22)14-29-20(25)27-3)13-19(24)21-11-16-5-7-18(26-2)8-6-16/h5-8,17H,4,9-15H2,1-3H3,(H,21,24). The lowest BCUT2D eigenvalue weighted by molar-refractivity contribution is -0.124. The zero-order chi connectivity index (χ0) is 21.1. The first-order valence-corrected chi connectivity index (χ1v) is 9.70. The van der Waals surface area contributed by atoms with E-state index >= 15 is 0 Å². The molecule has 0 aliphatic carbocycles. The summed E-state index contributed by atoms with van der Waals surface area (Å²) in [6.07, 6.45) is -0.726. The molecule has 0 saturated carbocycles. The molecule has 29 heavy (non-hydrogen) atoms. The number of carbonyl (C=O) groups is 2. The van der Waals surface area contributed by atoms with Gasteiger partial charge in [-0.2, -0.15) is 0 Å². The maximum atomic E-state index is 12.5. The molecule has 1 aromatic carbocycles. The van der Waals surface area contributed by atoms with E-state index in [1.165, 1.54) is 7.11 Å². The lowest BCUT2D eigenvalue weighted by Crippen LogP contribution is -2.57. The summed E-state index contributed by atoms with van der Waals surface area (Å²) in [5.41, 5.74) is 0.992. The summed E-state index contributed by atoms with van der Waals surface area (Å²) >= 11 is 0. The highest BCUT2D eigenvalue weighted by molar-refractivity contribution is 5.78. The van der Waals surface area contributed by atoms with Crippen molar-refractivity contribution >= 4 is 12.1 Å². The lowest BCUT2D eigenvalue weighted by atomic mass is 10.1. The third-order valence-corrected chi connectivity index (χ3v) is 4.72. The van der Waals surface area contributed by atoms with E-state index in [4.69, 9.17) is 14.2 Å². The third kappa shape index (κ3) is 7.88. The third-order valence-electron chi connectivity index (χ3n) is 4.72. The summed E-state index contributed by atoms with van der Waals surface area (Å²) in [4.78, 5) is 28.0.